The number of hydrogen-bond acceptors (Lipinski definition) is 3. The highest BCUT2D eigenvalue weighted by Crippen LogP contribution is 2.58. The molecular formula is C25H33O3P. The van der Waals surface area contributed by atoms with E-state index in [1.807, 2.05) is 71.9 Å². The van der Waals surface area contributed by atoms with Gasteiger partial charge in [0.1, 0.15) is 0 Å². The van der Waals surface area contributed by atoms with Gasteiger partial charge in [-0.3, -0.25) is 9.59 Å². The van der Waals surface area contributed by atoms with Gasteiger partial charge in [-0.05, 0) is 62.3 Å². The van der Waals surface area contributed by atoms with E-state index in [1.165, 1.54) is 0 Å². The maximum atomic E-state index is 14.4. The summed E-state index contributed by atoms with van der Waals surface area (Å²) in [5.74, 6) is 0. The molecule has 0 aliphatic heterocycles. The van der Waals surface area contributed by atoms with E-state index in [1.54, 1.807) is 6.92 Å². The molecule has 2 aromatic carbocycles. The minimum Gasteiger partial charge on any atom is -0.306 e. The summed E-state index contributed by atoms with van der Waals surface area (Å²) < 4.78 is 14.4. The lowest BCUT2D eigenvalue weighted by Gasteiger charge is -2.25. The predicted molar refractivity (Wildman–Crippen MR) is 122 cm³/mol. The van der Waals surface area contributed by atoms with Crippen molar-refractivity contribution in [3.05, 3.63) is 69.3 Å². The van der Waals surface area contributed by atoms with Gasteiger partial charge in [0.05, 0.1) is 0 Å². The molecule has 156 valence electrons. The second-order valence-corrected chi connectivity index (χ2v) is 11.0. The van der Waals surface area contributed by atoms with E-state index < -0.39 is 23.8 Å². The van der Waals surface area contributed by atoms with Gasteiger partial charge in [-0.15, -0.1) is 0 Å². The van der Waals surface area contributed by atoms with Gasteiger partial charge in [0.25, 0.3) is 0 Å². The molecule has 0 radical (unpaired) electrons. The smallest absolute Gasteiger partial charge is 0.229 e. The van der Waals surface area contributed by atoms with Crippen LogP contribution in [0.15, 0.2) is 30.3 Å². The average molecular weight is 413 g/mol. The van der Waals surface area contributed by atoms with Crippen LogP contribution in [-0.4, -0.2) is 16.7 Å². The van der Waals surface area contributed by atoms with E-state index in [0.29, 0.717) is 30.4 Å². The van der Waals surface area contributed by atoms with E-state index in [4.69, 9.17) is 0 Å². The summed E-state index contributed by atoms with van der Waals surface area (Å²) in [7, 11) is -3.86. The van der Waals surface area contributed by atoms with E-state index in [9.17, 15) is 14.2 Å². The van der Waals surface area contributed by atoms with Gasteiger partial charge in [0, 0.05) is 16.8 Å². The van der Waals surface area contributed by atoms with Crippen LogP contribution >= 0.6 is 7.14 Å². The molecule has 0 heterocycles. The quantitative estimate of drug-likeness (QED) is 0.444. The van der Waals surface area contributed by atoms with Crippen molar-refractivity contribution < 1.29 is 14.2 Å². The zero-order valence-corrected chi connectivity index (χ0v) is 19.7. The number of hydrogen-bond donors (Lipinski definition) is 0. The van der Waals surface area contributed by atoms with Gasteiger partial charge in [-0.2, -0.15) is 0 Å². The Kier molecular flexibility index (Phi) is 7.40. The van der Waals surface area contributed by atoms with Crippen LogP contribution < -0.4 is 0 Å². The first kappa shape index (κ1) is 23.3. The van der Waals surface area contributed by atoms with Gasteiger partial charge in [-0.1, -0.05) is 63.6 Å². The fraction of sp³-hybridized carbons (Fsp3) is 0.440. The zero-order chi connectivity index (χ0) is 21.9. The van der Waals surface area contributed by atoms with E-state index in [2.05, 4.69) is 0 Å². The second kappa shape index (κ2) is 9.22. The molecule has 0 saturated heterocycles. The summed E-state index contributed by atoms with van der Waals surface area (Å²) in [5.41, 5.74) is 3.82. The molecule has 2 rings (SSSR count). The Hall–Kier alpha value is -1.99. The number of carbonyl (C=O) groups is 2. The second-order valence-electron chi connectivity index (χ2n) is 7.96. The molecule has 0 fully saturated rings. The monoisotopic (exact) mass is 412 g/mol. The summed E-state index contributed by atoms with van der Waals surface area (Å²) in [6.07, 6.45) is 1.83. The molecular weight excluding hydrogens is 379 g/mol. The number of rotatable bonds is 8. The van der Waals surface area contributed by atoms with Crippen molar-refractivity contribution in [3.8, 4) is 0 Å². The standard InChI is InChI=1S/C25H33O3P/c1-8-19(7)29(28,24(26)22-17(5)14-16(4)15-18(22)6)25(27)23-20(9-2)12-11-13-21(23)10-3/h11-15,19H,8-10H2,1-7H3. The van der Waals surface area contributed by atoms with Crippen LogP contribution in [0.4, 0.5) is 0 Å². The summed E-state index contributed by atoms with van der Waals surface area (Å²) in [4.78, 5) is 27.6. The van der Waals surface area contributed by atoms with Crippen LogP contribution in [0.5, 0.6) is 0 Å². The molecule has 0 amide bonds. The highest BCUT2D eigenvalue weighted by molar-refractivity contribution is 7.95. The first-order valence-corrected chi connectivity index (χ1v) is 12.3. The van der Waals surface area contributed by atoms with E-state index in [0.717, 1.165) is 27.8 Å². The third-order valence-electron chi connectivity index (χ3n) is 5.92. The van der Waals surface area contributed by atoms with Crippen molar-refractivity contribution in [1.82, 2.24) is 0 Å². The van der Waals surface area contributed by atoms with Crippen LogP contribution in [0, 0.1) is 20.8 Å². The largest absolute Gasteiger partial charge is 0.306 e. The van der Waals surface area contributed by atoms with Gasteiger partial charge < -0.3 is 4.57 Å². The Bertz CT molecular complexity index is 942. The fourth-order valence-corrected chi connectivity index (χ4v) is 6.92. The fourth-order valence-electron chi connectivity index (χ4n) is 4.12. The van der Waals surface area contributed by atoms with Crippen LogP contribution in [0.3, 0.4) is 0 Å². The maximum absolute atomic E-state index is 14.4. The van der Waals surface area contributed by atoms with Gasteiger partial charge in [0.2, 0.25) is 18.2 Å². The van der Waals surface area contributed by atoms with Crippen molar-refractivity contribution in [2.75, 3.05) is 0 Å². The highest BCUT2D eigenvalue weighted by Gasteiger charge is 2.46. The zero-order valence-electron chi connectivity index (χ0n) is 18.8. The molecule has 0 N–H and O–H groups in total. The first-order valence-electron chi connectivity index (χ1n) is 10.5. The van der Waals surface area contributed by atoms with Crippen molar-refractivity contribution in [2.45, 2.75) is 73.4 Å². The average Bonchev–Trinajstić information content (AvgIpc) is 2.70. The molecule has 0 aliphatic rings. The van der Waals surface area contributed by atoms with Crippen LogP contribution in [0.1, 0.15) is 82.6 Å². The maximum Gasteiger partial charge on any atom is 0.229 e. The molecule has 0 bridgehead atoms. The number of aryl methyl sites for hydroxylation is 5. The number of benzene rings is 2. The van der Waals surface area contributed by atoms with Crippen LogP contribution in [0.25, 0.3) is 0 Å². The van der Waals surface area contributed by atoms with Gasteiger partial charge in [-0.25, -0.2) is 0 Å². The molecule has 0 aromatic heterocycles. The summed E-state index contributed by atoms with van der Waals surface area (Å²) in [6, 6.07) is 9.57. The lowest BCUT2D eigenvalue weighted by molar-refractivity contribution is 0.103. The summed E-state index contributed by atoms with van der Waals surface area (Å²) >= 11 is 0. The third-order valence-corrected chi connectivity index (χ3v) is 9.18. The lowest BCUT2D eigenvalue weighted by Crippen LogP contribution is -2.22. The number of carbonyl (C=O) groups excluding carboxylic acids is 2. The van der Waals surface area contributed by atoms with Gasteiger partial charge >= 0.3 is 0 Å². The Morgan fingerprint density at radius 2 is 1.31 bits per heavy atom. The molecule has 3 nitrogen and oxygen atoms in total. The van der Waals surface area contributed by atoms with Crippen molar-refractivity contribution in [1.29, 1.82) is 0 Å². The van der Waals surface area contributed by atoms with Gasteiger partial charge in [0.15, 0.2) is 0 Å². The summed E-state index contributed by atoms with van der Waals surface area (Å²) in [5, 5.41) is 0. The highest BCUT2D eigenvalue weighted by atomic mass is 31.2. The predicted octanol–water partition coefficient (Wildman–Crippen LogP) is 6.88. The molecule has 2 atom stereocenters. The Morgan fingerprint density at radius 1 is 0.862 bits per heavy atom. The molecule has 2 unspecified atom stereocenters. The minimum absolute atomic E-state index is 0.444. The van der Waals surface area contributed by atoms with Crippen LogP contribution in [0.2, 0.25) is 0 Å². The van der Waals surface area contributed by atoms with E-state index >= 15 is 0 Å². The normalized spacial score (nSPS) is 14.3. The topological polar surface area (TPSA) is 51.2 Å². The van der Waals surface area contributed by atoms with Crippen molar-refractivity contribution in [2.24, 2.45) is 0 Å². The van der Waals surface area contributed by atoms with Crippen molar-refractivity contribution >= 4 is 18.2 Å². The third kappa shape index (κ3) is 4.16. The Balaban J connectivity index is 2.77. The molecule has 0 saturated carbocycles. The SMILES string of the molecule is CCc1cccc(CC)c1C(=O)P(=O)(C(=O)c1c(C)cc(C)cc1C)C(C)CC. The van der Waals surface area contributed by atoms with Crippen molar-refractivity contribution in [3.63, 3.8) is 0 Å². The molecule has 29 heavy (non-hydrogen) atoms. The minimum atomic E-state index is -3.86. The molecule has 0 spiro atoms. The van der Waals surface area contributed by atoms with E-state index in [-0.39, 0.29) is 0 Å². The molecule has 0 aliphatic carbocycles. The molecule has 4 heteroatoms. The Morgan fingerprint density at radius 3 is 1.72 bits per heavy atom. The molecule has 2 aromatic rings. The summed E-state index contributed by atoms with van der Waals surface area (Å²) in [6.45, 7) is 13.3. The van der Waals surface area contributed by atoms with Crippen LogP contribution in [-0.2, 0) is 17.4 Å². The first-order chi connectivity index (χ1) is 13.6. The lowest BCUT2D eigenvalue weighted by atomic mass is 9.98. The Labute approximate surface area is 175 Å².